The van der Waals surface area contributed by atoms with Gasteiger partial charge in [-0.1, -0.05) is 65.8 Å². The maximum Gasteiger partial charge on any atom is 0.344 e. The highest BCUT2D eigenvalue weighted by Gasteiger charge is 2.66. The Morgan fingerprint density at radius 2 is 0.939 bits per heavy atom. The summed E-state index contributed by atoms with van der Waals surface area (Å²) >= 11 is 0. The number of pyridine rings is 1. The Balaban J connectivity index is 0.746. The summed E-state index contributed by atoms with van der Waals surface area (Å²) in [7, 11) is 0. The lowest BCUT2D eigenvalue weighted by atomic mass is 9.43. The predicted octanol–water partition coefficient (Wildman–Crippen LogP) is 10.3. The Kier molecular flexibility index (Phi) is 16.9. The molecule has 14 rings (SSSR count). The lowest BCUT2D eigenvalue weighted by Crippen LogP contribution is -2.59. The molecule has 20 atom stereocenters. The van der Waals surface area contributed by atoms with Crippen LogP contribution in [0.4, 0.5) is 0 Å². The van der Waals surface area contributed by atoms with Crippen LogP contribution < -0.4 is 10.6 Å². The van der Waals surface area contributed by atoms with Crippen molar-refractivity contribution in [2.75, 3.05) is 13.2 Å². The molecule has 0 unspecified atom stereocenters. The number of carbonyl (C=O) groups is 6. The number of hydrogen-bond donors (Lipinski definition) is 4. The summed E-state index contributed by atoms with van der Waals surface area (Å²) in [4.78, 5) is 83.7. The van der Waals surface area contributed by atoms with Gasteiger partial charge in [0.05, 0.1) is 23.3 Å². The molecule has 448 valence electrons. The van der Waals surface area contributed by atoms with E-state index in [1.54, 1.807) is 0 Å². The fourth-order valence-electron chi connectivity index (χ4n) is 20.6. The minimum absolute atomic E-state index is 0.000895. The fraction of sp³-hybridized carbons (Fsp3) is 0.746. The minimum atomic E-state index is -0.850. The van der Waals surface area contributed by atoms with Gasteiger partial charge in [-0.3, -0.25) is 14.6 Å². The van der Waals surface area contributed by atoms with E-state index in [-0.39, 0.29) is 68.6 Å². The molecule has 4 N–H and O–H groups in total. The van der Waals surface area contributed by atoms with Crippen molar-refractivity contribution >= 4 is 35.7 Å². The first-order chi connectivity index (χ1) is 39.2. The number of ether oxygens (including phenoxy) is 4. The number of nitrogens with one attached hydrogen (secondary N) is 2. The van der Waals surface area contributed by atoms with Crippen LogP contribution in [0.5, 0.6) is 0 Å². The molecule has 15 nitrogen and oxygen atoms in total. The highest BCUT2D eigenvalue weighted by molar-refractivity contribution is 5.95. The summed E-state index contributed by atoms with van der Waals surface area (Å²) in [5, 5.41) is 30.9. The Morgan fingerprint density at radius 1 is 0.512 bits per heavy atom. The zero-order valence-electron chi connectivity index (χ0n) is 49.7. The molecular formula is C67H93N3O12. The number of aromatic nitrogens is 1. The smallest absolute Gasteiger partial charge is 0.344 e. The number of nitrogens with zero attached hydrogens (tertiary/aromatic N) is 1. The molecular weight excluding hydrogens is 1040 g/mol. The highest BCUT2D eigenvalue weighted by Crippen LogP contribution is 2.70. The largest absolute Gasteiger partial charge is 0.460 e. The van der Waals surface area contributed by atoms with Crippen LogP contribution >= 0.6 is 0 Å². The Labute approximate surface area is 485 Å². The molecule has 1 aromatic heterocycles. The van der Waals surface area contributed by atoms with Crippen LogP contribution in [0.2, 0.25) is 0 Å². The average molecular weight is 1130 g/mol. The second-order valence-corrected chi connectivity index (χ2v) is 28.7. The molecule has 0 spiro atoms. The molecule has 8 saturated carbocycles. The van der Waals surface area contributed by atoms with Crippen molar-refractivity contribution in [3.8, 4) is 0 Å². The first kappa shape index (κ1) is 58.9. The van der Waals surface area contributed by atoms with Gasteiger partial charge in [0, 0.05) is 38.3 Å². The highest BCUT2D eigenvalue weighted by atomic mass is 16.6. The summed E-state index contributed by atoms with van der Waals surface area (Å²) in [6.07, 6.45) is 17.9. The van der Waals surface area contributed by atoms with Gasteiger partial charge in [-0.15, -0.1) is 0 Å². The molecule has 2 aromatic rings. The molecule has 1 aromatic carbocycles. The summed E-state index contributed by atoms with van der Waals surface area (Å²) in [5.41, 5.74) is 1.43. The van der Waals surface area contributed by atoms with E-state index in [1.807, 2.05) is 18.2 Å². The molecule has 0 radical (unpaired) electrons. The number of fused-ring (bicyclic) bond motifs is 1. The second kappa shape index (κ2) is 23.5. The number of benzene rings is 1. The van der Waals surface area contributed by atoms with Crippen molar-refractivity contribution in [3.05, 3.63) is 65.0 Å². The maximum absolute atomic E-state index is 13.4. The van der Waals surface area contributed by atoms with Crippen LogP contribution in [0.3, 0.4) is 0 Å². The lowest BCUT2D eigenvalue weighted by molar-refractivity contribution is -0.182. The van der Waals surface area contributed by atoms with Crippen molar-refractivity contribution in [1.29, 1.82) is 0 Å². The number of aliphatic hydroxyl groups excluding tert-OH is 2. The van der Waals surface area contributed by atoms with Crippen molar-refractivity contribution in [1.82, 2.24) is 15.6 Å². The standard InChI is InChI=1S/C67H93N3O12/c1-38-10-20-58(73)69-32-40-8-7-9-41(26-40)33-70-59(74)21-11-39(2)51-17-19-53-49-15-13-45-29-47(23-25-65(45,4)55(49)31-57(72)67(51,53)6)82-61(76)37-80-63(78)43-27-42(34-68-35-43)62(77)79-36-60(75)81-46-22-24-64(3)44(28-46)12-14-48-52-18-16-50(38)66(52,5)56(71)30-54(48)64/h7-9,26-27,34-35,38-39,44-57,71-72H,10-25,28-33,36-37H2,1-6H3,(H,69,73)(H,70,74)/t38-,39-,44-,45-,46-,47-,48+,49+,50-,51-,52+,53+,54+,55+,56+,57+,64+,65+,66-,67-/m1/s1. The molecule has 8 fully saturated rings. The molecule has 8 aliphatic carbocycles. The molecule has 0 saturated heterocycles. The number of hydrogen-bond acceptors (Lipinski definition) is 13. The number of aliphatic hydroxyl groups is 2. The van der Waals surface area contributed by atoms with E-state index >= 15 is 0 Å². The van der Waals surface area contributed by atoms with Gasteiger partial charge >= 0.3 is 23.9 Å². The van der Waals surface area contributed by atoms with Crippen LogP contribution in [-0.2, 0) is 51.2 Å². The third-order valence-electron chi connectivity index (χ3n) is 25.0. The minimum Gasteiger partial charge on any atom is -0.460 e. The fourth-order valence-corrected chi connectivity index (χ4v) is 20.6. The van der Waals surface area contributed by atoms with Gasteiger partial charge in [0.1, 0.15) is 12.2 Å². The monoisotopic (exact) mass is 1130 g/mol. The normalized spacial score (nSPS) is 43.4. The SMILES string of the molecule is C[C@@H]1CCC(=O)NCc2cccc(c2)CNC(=O)CC[C@@H](C)[C@H]2CC[C@H]3[C@@H]4CC[C@@H]5C[C@@H](CC[C@]5(C)[C@H]4C[C@H](O)[C@]23C)OC(=O)COC(=O)c2cncc(c2)C(=O)OCC(=O)O[C@@H]2CC[C@@]3(C)[C@H](CC[C@@H]4[C@@H]3C[C@H](O)[C@]3(C)[C@@H]1CC[C@@H]43)C2. The quantitative estimate of drug-likeness (QED) is 0.143. The van der Waals surface area contributed by atoms with Gasteiger partial charge in [0.25, 0.3) is 0 Å². The van der Waals surface area contributed by atoms with E-state index in [4.69, 9.17) is 18.9 Å². The molecule has 4 aliphatic heterocycles. The van der Waals surface area contributed by atoms with E-state index in [1.165, 1.54) is 18.5 Å². The lowest BCUT2D eigenvalue weighted by Gasteiger charge is -2.62. The Bertz CT molecular complexity index is 2560. The molecule has 2 amide bonds. The number of rotatable bonds is 0. The first-order valence-corrected chi connectivity index (χ1v) is 31.8. The topological polar surface area (TPSA) is 217 Å². The predicted molar refractivity (Wildman–Crippen MR) is 305 cm³/mol. The Hall–Kier alpha value is -4.89. The zero-order valence-corrected chi connectivity index (χ0v) is 49.7. The van der Waals surface area contributed by atoms with Gasteiger partial charge in [-0.2, -0.15) is 0 Å². The van der Waals surface area contributed by atoms with Gasteiger partial charge < -0.3 is 39.8 Å². The molecule has 5 heterocycles. The van der Waals surface area contributed by atoms with Crippen molar-refractivity contribution in [3.63, 3.8) is 0 Å². The summed E-state index contributed by atoms with van der Waals surface area (Å²) in [5.74, 6) is 1.44. The molecule has 82 heavy (non-hydrogen) atoms. The maximum atomic E-state index is 13.4. The number of carbonyl (C=O) groups excluding carboxylic acids is 6. The molecule has 15 heteroatoms. The van der Waals surface area contributed by atoms with Crippen molar-refractivity contribution < 1.29 is 57.9 Å². The van der Waals surface area contributed by atoms with Crippen molar-refractivity contribution in [2.45, 2.75) is 207 Å². The van der Waals surface area contributed by atoms with Crippen LogP contribution in [0.25, 0.3) is 0 Å². The second-order valence-electron chi connectivity index (χ2n) is 28.7. The summed E-state index contributed by atoms with van der Waals surface area (Å²) in [6, 6.07) is 9.34. The van der Waals surface area contributed by atoms with Crippen LogP contribution in [-0.4, -0.2) is 88.5 Å². The third kappa shape index (κ3) is 11.1. The average Bonchev–Trinajstić information content (AvgIpc) is 2.14. The van der Waals surface area contributed by atoms with E-state index in [2.05, 4.69) is 63.2 Å². The van der Waals surface area contributed by atoms with E-state index in [0.29, 0.717) is 98.0 Å². The van der Waals surface area contributed by atoms with Crippen LogP contribution in [0, 0.1) is 92.7 Å². The zero-order chi connectivity index (χ0) is 57.9. The van der Waals surface area contributed by atoms with Crippen LogP contribution in [0.15, 0.2) is 42.7 Å². The molecule has 12 aliphatic rings. The van der Waals surface area contributed by atoms with Crippen LogP contribution in [0.1, 0.15) is 202 Å². The van der Waals surface area contributed by atoms with E-state index < -0.39 is 49.3 Å². The number of esters is 4. The van der Waals surface area contributed by atoms with Crippen molar-refractivity contribution in [2.24, 2.45) is 92.7 Å². The van der Waals surface area contributed by atoms with Gasteiger partial charge in [-0.25, -0.2) is 19.2 Å². The summed E-state index contributed by atoms with van der Waals surface area (Å²) in [6.45, 7) is 13.6. The van der Waals surface area contributed by atoms with E-state index in [9.17, 15) is 39.0 Å². The number of amides is 2. The van der Waals surface area contributed by atoms with Gasteiger partial charge in [0.15, 0.2) is 13.2 Å². The van der Waals surface area contributed by atoms with Gasteiger partial charge in [-0.05, 0) is 225 Å². The molecule has 20 bridgehead atoms. The first-order valence-electron chi connectivity index (χ1n) is 31.8. The van der Waals surface area contributed by atoms with Gasteiger partial charge in [0.2, 0.25) is 11.8 Å². The van der Waals surface area contributed by atoms with E-state index in [0.717, 1.165) is 114 Å². The third-order valence-corrected chi connectivity index (χ3v) is 25.0. The summed E-state index contributed by atoms with van der Waals surface area (Å²) < 4.78 is 22.7. The Morgan fingerprint density at radius 3 is 1.38 bits per heavy atom.